The number of benzene rings is 1. The van der Waals surface area contributed by atoms with E-state index in [4.69, 9.17) is 4.74 Å². The monoisotopic (exact) mass is 400 g/mol. The van der Waals surface area contributed by atoms with Crippen LogP contribution in [0.5, 0.6) is 5.75 Å². The largest absolute Gasteiger partial charge is 0.497 e. The molecule has 0 aromatic heterocycles. The number of hydrogen-bond donors (Lipinski definition) is 2. The molecule has 0 aliphatic carbocycles. The number of ether oxygens (including phenoxy) is 1. The lowest BCUT2D eigenvalue weighted by Crippen LogP contribution is -2.41. The molecule has 1 fully saturated rings. The third kappa shape index (κ3) is 8.37. The van der Waals surface area contributed by atoms with E-state index in [2.05, 4.69) is 15.6 Å². The van der Waals surface area contributed by atoms with Crippen molar-refractivity contribution in [2.24, 2.45) is 10.9 Å². The molecule has 0 amide bonds. The summed E-state index contributed by atoms with van der Waals surface area (Å²) in [7, 11) is 1.64. The lowest BCUT2D eigenvalue weighted by molar-refractivity contribution is -0.148. The number of piperidine rings is 1. The lowest BCUT2D eigenvalue weighted by Gasteiger charge is -2.32. The maximum Gasteiger partial charge on any atom is 0.401 e. The zero-order valence-corrected chi connectivity index (χ0v) is 16.7. The van der Waals surface area contributed by atoms with Crippen LogP contribution in [0.2, 0.25) is 0 Å². The summed E-state index contributed by atoms with van der Waals surface area (Å²) < 4.78 is 42.5. The Bertz CT molecular complexity index is 596. The van der Waals surface area contributed by atoms with Gasteiger partial charge in [-0.2, -0.15) is 13.2 Å². The van der Waals surface area contributed by atoms with E-state index in [-0.39, 0.29) is 0 Å². The summed E-state index contributed by atoms with van der Waals surface area (Å²) in [6.45, 7) is 4.37. The van der Waals surface area contributed by atoms with Crippen LogP contribution in [0.1, 0.15) is 31.7 Å². The van der Waals surface area contributed by atoms with Gasteiger partial charge in [0, 0.05) is 13.1 Å². The SMILES string of the molecule is CCNC(=NCc1ccc(OC)cc1)NCCC1CCN(CC(F)(F)F)CC1. The number of nitrogens with one attached hydrogen (secondary N) is 2. The zero-order chi connectivity index (χ0) is 20.4. The molecule has 0 radical (unpaired) electrons. The lowest BCUT2D eigenvalue weighted by atomic mass is 9.93. The highest BCUT2D eigenvalue weighted by atomic mass is 19.4. The molecule has 0 unspecified atom stereocenters. The predicted octanol–water partition coefficient (Wildman–Crippen LogP) is 3.41. The van der Waals surface area contributed by atoms with Crippen LogP contribution in [0.3, 0.4) is 0 Å². The van der Waals surface area contributed by atoms with Gasteiger partial charge < -0.3 is 15.4 Å². The zero-order valence-electron chi connectivity index (χ0n) is 16.7. The van der Waals surface area contributed by atoms with Crippen molar-refractivity contribution in [2.75, 3.05) is 39.8 Å². The minimum absolute atomic E-state index is 0.460. The fourth-order valence-corrected chi connectivity index (χ4v) is 3.32. The summed E-state index contributed by atoms with van der Waals surface area (Å²) in [6, 6.07) is 7.80. The van der Waals surface area contributed by atoms with Crippen molar-refractivity contribution < 1.29 is 17.9 Å². The van der Waals surface area contributed by atoms with Crippen molar-refractivity contribution in [3.63, 3.8) is 0 Å². The van der Waals surface area contributed by atoms with Gasteiger partial charge in [-0.3, -0.25) is 4.90 Å². The average Bonchev–Trinajstić information content (AvgIpc) is 2.66. The Morgan fingerprint density at radius 1 is 1.18 bits per heavy atom. The topological polar surface area (TPSA) is 48.9 Å². The highest BCUT2D eigenvalue weighted by Gasteiger charge is 2.32. The van der Waals surface area contributed by atoms with Crippen molar-refractivity contribution in [1.29, 1.82) is 0 Å². The van der Waals surface area contributed by atoms with Gasteiger partial charge in [0.05, 0.1) is 20.2 Å². The summed E-state index contributed by atoms with van der Waals surface area (Å²) in [5.74, 6) is 2.04. The molecule has 158 valence electrons. The minimum Gasteiger partial charge on any atom is -0.497 e. The Labute approximate surface area is 165 Å². The molecule has 1 saturated heterocycles. The number of alkyl halides is 3. The van der Waals surface area contributed by atoms with Crippen LogP contribution in [0.15, 0.2) is 29.3 Å². The van der Waals surface area contributed by atoms with Crippen molar-refractivity contribution in [3.05, 3.63) is 29.8 Å². The third-order valence-electron chi connectivity index (χ3n) is 4.88. The second-order valence-electron chi connectivity index (χ2n) is 7.09. The van der Waals surface area contributed by atoms with Gasteiger partial charge in [-0.15, -0.1) is 0 Å². The summed E-state index contributed by atoms with van der Waals surface area (Å²) in [4.78, 5) is 6.10. The summed E-state index contributed by atoms with van der Waals surface area (Å²) in [5.41, 5.74) is 1.09. The normalized spacial score (nSPS) is 16.8. The van der Waals surface area contributed by atoms with Gasteiger partial charge >= 0.3 is 6.18 Å². The van der Waals surface area contributed by atoms with Crippen LogP contribution in [-0.4, -0.2) is 56.9 Å². The molecule has 1 aromatic carbocycles. The highest BCUT2D eigenvalue weighted by Crippen LogP contribution is 2.24. The molecule has 1 aliphatic rings. The van der Waals surface area contributed by atoms with Gasteiger partial charge in [0.2, 0.25) is 0 Å². The van der Waals surface area contributed by atoms with E-state index in [0.29, 0.717) is 25.6 Å². The first kappa shape index (κ1) is 22.3. The number of guanidine groups is 1. The molecule has 1 heterocycles. The number of methoxy groups -OCH3 is 1. The van der Waals surface area contributed by atoms with E-state index in [9.17, 15) is 13.2 Å². The predicted molar refractivity (Wildman–Crippen MR) is 106 cm³/mol. The van der Waals surface area contributed by atoms with Crippen molar-refractivity contribution in [2.45, 2.75) is 38.9 Å². The fraction of sp³-hybridized carbons (Fsp3) is 0.650. The van der Waals surface area contributed by atoms with Gasteiger partial charge in [0.25, 0.3) is 0 Å². The van der Waals surface area contributed by atoms with Crippen LogP contribution in [0.25, 0.3) is 0 Å². The highest BCUT2D eigenvalue weighted by molar-refractivity contribution is 5.79. The smallest absolute Gasteiger partial charge is 0.401 e. The molecule has 5 nitrogen and oxygen atoms in total. The van der Waals surface area contributed by atoms with E-state index in [0.717, 1.165) is 49.6 Å². The number of aliphatic imine (C=N–C) groups is 1. The first-order chi connectivity index (χ1) is 13.4. The van der Waals surface area contributed by atoms with Crippen LogP contribution < -0.4 is 15.4 Å². The molecule has 0 atom stereocenters. The van der Waals surface area contributed by atoms with Gasteiger partial charge in [-0.25, -0.2) is 4.99 Å². The molecule has 8 heteroatoms. The van der Waals surface area contributed by atoms with E-state index in [1.165, 1.54) is 4.90 Å². The van der Waals surface area contributed by atoms with Crippen molar-refractivity contribution in [3.8, 4) is 5.75 Å². The van der Waals surface area contributed by atoms with Gasteiger partial charge in [-0.1, -0.05) is 12.1 Å². The Morgan fingerprint density at radius 3 is 2.43 bits per heavy atom. The number of hydrogen-bond acceptors (Lipinski definition) is 3. The molecular weight excluding hydrogens is 369 g/mol. The maximum atomic E-state index is 12.5. The molecule has 0 spiro atoms. The molecule has 28 heavy (non-hydrogen) atoms. The number of likely N-dealkylation sites (tertiary alicyclic amines) is 1. The van der Waals surface area contributed by atoms with Crippen molar-refractivity contribution in [1.82, 2.24) is 15.5 Å². The van der Waals surface area contributed by atoms with E-state index in [1.54, 1.807) is 7.11 Å². The third-order valence-corrected chi connectivity index (χ3v) is 4.88. The van der Waals surface area contributed by atoms with Crippen LogP contribution >= 0.6 is 0 Å². The van der Waals surface area contributed by atoms with Crippen molar-refractivity contribution >= 4 is 5.96 Å². The molecule has 0 saturated carbocycles. The summed E-state index contributed by atoms with van der Waals surface area (Å²) in [5, 5.41) is 6.56. The molecule has 2 N–H and O–H groups in total. The first-order valence-corrected chi connectivity index (χ1v) is 9.84. The molecular formula is C20H31F3N4O. The van der Waals surface area contributed by atoms with E-state index >= 15 is 0 Å². The van der Waals surface area contributed by atoms with Crippen LogP contribution in [0.4, 0.5) is 13.2 Å². The molecule has 1 aromatic rings. The molecule has 1 aliphatic heterocycles. The van der Waals surface area contributed by atoms with E-state index < -0.39 is 12.7 Å². The second kappa shape index (κ2) is 11.1. The molecule has 2 rings (SSSR count). The number of rotatable bonds is 8. The maximum absolute atomic E-state index is 12.5. The van der Waals surface area contributed by atoms with Crippen LogP contribution in [-0.2, 0) is 6.54 Å². The van der Waals surface area contributed by atoms with Gasteiger partial charge in [0.15, 0.2) is 5.96 Å². The van der Waals surface area contributed by atoms with Gasteiger partial charge in [-0.05, 0) is 62.9 Å². The fourth-order valence-electron chi connectivity index (χ4n) is 3.32. The van der Waals surface area contributed by atoms with Crippen LogP contribution in [0, 0.1) is 5.92 Å². The summed E-state index contributed by atoms with van der Waals surface area (Å²) >= 11 is 0. The van der Waals surface area contributed by atoms with Gasteiger partial charge in [0.1, 0.15) is 5.75 Å². The second-order valence-corrected chi connectivity index (χ2v) is 7.09. The molecule has 0 bridgehead atoms. The Balaban J connectivity index is 1.72. The van der Waals surface area contributed by atoms with E-state index in [1.807, 2.05) is 31.2 Å². The number of nitrogens with zero attached hydrogens (tertiary/aromatic N) is 2. The standard InChI is InChI=1S/C20H31F3N4O/c1-3-24-19(26-14-17-4-6-18(28-2)7-5-17)25-11-8-16-9-12-27(13-10-16)15-20(21,22)23/h4-7,16H,3,8-15H2,1-2H3,(H2,24,25,26). The first-order valence-electron chi connectivity index (χ1n) is 9.84. The minimum atomic E-state index is -4.10. The Kier molecular flexibility index (Phi) is 8.89. The summed E-state index contributed by atoms with van der Waals surface area (Å²) in [6.07, 6.45) is -1.53. The Hall–Kier alpha value is -1.96. The quantitative estimate of drug-likeness (QED) is 0.519. The average molecular weight is 400 g/mol. The Morgan fingerprint density at radius 2 is 1.86 bits per heavy atom. The number of halogens is 3.